The summed E-state index contributed by atoms with van der Waals surface area (Å²) in [5.41, 5.74) is 3.26. The molecule has 1 saturated heterocycles. The smallest absolute Gasteiger partial charge is 0.316 e. The van der Waals surface area contributed by atoms with Gasteiger partial charge >= 0.3 is 6.01 Å². The molecule has 4 rings (SSSR count). The van der Waals surface area contributed by atoms with Crippen LogP contribution in [0.15, 0.2) is 30.5 Å². The summed E-state index contributed by atoms with van der Waals surface area (Å²) >= 11 is 0. The quantitative estimate of drug-likeness (QED) is 0.630. The standard InChI is InChI=1S/C23H28N6O3/c1-13-11-29(12-14(2)25-13)19-8-6-16(21-17(19)10-24-23(28-21)32-5)22(30)27-18-7-9-20(31-4)26-15(18)3/h6-10,13-14,25H,11-12H2,1-5H3,(H,27,30)/t13-,14-/m1/s1. The van der Waals surface area contributed by atoms with E-state index < -0.39 is 0 Å². The Morgan fingerprint density at radius 1 is 1.09 bits per heavy atom. The highest BCUT2D eigenvalue weighted by Crippen LogP contribution is 2.31. The summed E-state index contributed by atoms with van der Waals surface area (Å²) in [5.74, 6) is 0.215. The van der Waals surface area contributed by atoms with E-state index in [1.807, 2.05) is 19.1 Å². The summed E-state index contributed by atoms with van der Waals surface area (Å²) in [5, 5.41) is 7.29. The summed E-state index contributed by atoms with van der Waals surface area (Å²) in [7, 11) is 3.07. The maximum Gasteiger partial charge on any atom is 0.316 e. The van der Waals surface area contributed by atoms with Gasteiger partial charge in [0.25, 0.3) is 5.91 Å². The van der Waals surface area contributed by atoms with Crippen molar-refractivity contribution in [3.05, 3.63) is 41.7 Å². The van der Waals surface area contributed by atoms with Crippen LogP contribution in [0.3, 0.4) is 0 Å². The summed E-state index contributed by atoms with van der Waals surface area (Å²) in [4.78, 5) is 28.7. The van der Waals surface area contributed by atoms with E-state index in [0.29, 0.717) is 40.4 Å². The zero-order valence-electron chi connectivity index (χ0n) is 19.0. The van der Waals surface area contributed by atoms with Gasteiger partial charge in [0, 0.05) is 48.5 Å². The number of ether oxygens (including phenoxy) is 2. The molecule has 2 N–H and O–H groups in total. The van der Waals surface area contributed by atoms with Crippen LogP contribution >= 0.6 is 0 Å². The number of carbonyl (C=O) groups is 1. The van der Waals surface area contributed by atoms with Gasteiger partial charge in [0.15, 0.2) is 0 Å². The van der Waals surface area contributed by atoms with Gasteiger partial charge in [-0.1, -0.05) is 0 Å². The van der Waals surface area contributed by atoms with Crippen LogP contribution in [0.25, 0.3) is 10.9 Å². The van der Waals surface area contributed by atoms with E-state index >= 15 is 0 Å². The van der Waals surface area contributed by atoms with Gasteiger partial charge in [0.2, 0.25) is 5.88 Å². The van der Waals surface area contributed by atoms with Crippen molar-refractivity contribution in [1.29, 1.82) is 0 Å². The lowest BCUT2D eigenvalue weighted by Crippen LogP contribution is -2.54. The lowest BCUT2D eigenvalue weighted by molar-refractivity contribution is 0.102. The summed E-state index contributed by atoms with van der Waals surface area (Å²) in [6, 6.07) is 8.17. The highest BCUT2D eigenvalue weighted by Gasteiger charge is 2.24. The number of aromatic nitrogens is 3. The van der Waals surface area contributed by atoms with Gasteiger partial charge in [-0.3, -0.25) is 4.79 Å². The molecule has 1 amide bonds. The molecule has 0 spiro atoms. The molecule has 1 fully saturated rings. The van der Waals surface area contributed by atoms with Gasteiger partial charge < -0.3 is 25.0 Å². The van der Waals surface area contributed by atoms with E-state index in [1.54, 1.807) is 25.4 Å². The molecular weight excluding hydrogens is 408 g/mol. The molecule has 3 heterocycles. The van der Waals surface area contributed by atoms with Crippen molar-refractivity contribution in [2.75, 3.05) is 37.5 Å². The fourth-order valence-corrected chi connectivity index (χ4v) is 4.14. The van der Waals surface area contributed by atoms with Crippen molar-refractivity contribution in [3.63, 3.8) is 0 Å². The molecule has 9 heteroatoms. The number of rotatable bonds is 5. The first-order chi connectivity index (χ1) is 15.4. The van der Waals surface area contributed by atoms with Gasteiger partial charge in [-0.05, 0) is 39.0 Å². The Morgan fingerprint density at radius 2 is 1.84 bits per heavy atom. The van der Waals surface area contributed by atoms with Crippen LogP contribution in [-0.4, -0.2) is 60.3 Å². The van der Waals surface area contributed by atoms with Gasteiger partial charge in [0.1, 0.15) is 0 Å². The van der Waals surface area contributed by atoms with Crippen LogP contribution in [0, 0.1) is 6.92 Å². The Hall–Kier alpha value is -3.46. The van der Waals surface area contributed by atoms with Crippen molar-refractivity contribution in [2.24, 2.45) is 0 Å². The molecule has 1 aromatic carbocycles. The molecule has 168 valence electrons. The minimum Gasteiger partial charge on any atom is -0.481 e. The van der Waals surface area contributed by atoms with Gasteiger partial charge in [0.05, 0.1) is 36.7 Å². The molecule has 1 aliphatic rings. The predicted octanol–water partition coefficient (Wildman–Crippen LogP) is 2.79. The second kappa shape index (κ2) is 8.96. The summed E-state index contributed by atoms with van der Waals surface area (Å²) < 4.78 is 10.4. The Bertz CT molecular complexity index is 1140. The van der Waals surface area contributed by atoms with Gasteiger partial charge in [-0.15, -0.1) is 0 Å². The molecular formula is C23H28N6O3. The number of benzene rings is 1. The van der Waals surface area contributed by atoms with Crippen LogP contribution in [0.1, 0.15) is 29.9 Å². The first kappa shape index (κ1) is 21.8. The van der Waals surface area contributed by atoms with Crippen molar-refractivity contribution < 1.29 is 14.3 Å². The zero-order valence-corrected chi connectivity index (χ0v) is 19.0. The third-order valence-electron chi connectivity index (χ3n) is 5.55. The normalized spacial score (nSPS) is 18.5. The largest absolute Gasteiger partial charge is 0.481 e. The summed E-state index contributed by atoms with van der Waals surface area (Å²) in [6.07, 6.45) is 1.73. The molecule has 1 aliphatic heterocycles. The average Bonchev–Trinajstić information content (AvgIpc) is 2.78. The van der Waals surface area contributed by atoms with Gasteiger partial charge in [-0.25, -0.2) is 9.97 Å². The molecule has 0 aliphatic carbocycles. The van der Waals surface area contributed by atoms with Crippen LogP contribution < -0.4 is 25.0 Å². The summed E-state index contributed by atoms with van der Waals surface area (Å²) in [6.45, 7) is 7.85. The number of fused-ring (bicyclic) bond motifs is 1. The average molecular weight is 437 g/mol. The predicted molar refractivity (Wildman–Crippen MR) is 124 cm³/mol. The molecule has 9 nitrogen and oxygen atoms in total. The number of nitrogens with one attached hydrogen (secondary N) is 2. The Balaban J connectivity index is 1.74. The lowest BCUT2D eigenvalue weighted by atomic mass is 10.0. The monoisotopic (exact) mass is 436 g/mol. The fourth-order valence-electron chi connectivity index (χ4n) is 4.14. The van der Waals surface area contributed by atoms with E-state index in [9.17, 15) is 4.79 Å². The second-order valence-electron chi connectivity index (χ2n) is 8.07. The van der Waals surface area contributed by atoms with Crippen molar-refractivity contribution in [2.45, 2.75) is 32.9 Å². The number of anilines is 2. The second-order valence-corrected chi connectivity index (χ2v) is 8.07. The number of hydrogen-bond acceptors (Lipinski definition) is 8. The zero-order chi connectivity index (χ0) is 22.8. The molecule has 0 saturated carbocycles. The molecule has 0 bridgehead atoms. The molecule has 2 atom stereocenters. The SMILES string of the molecule is COc1ccc(NC(=O)c2ccc(N3C[C@@H](C)N[C@H](C)C3)c3cnc(OC)nc23)c(C)n1. The van der Waals surface area contributed by atoms with E-state index in [-0.39, 0.29) is 11.9 Å². The van der Waals surface area contributed by atoms with Crippen molar-refractivity contribution in [3.8, 4) is 11.9 Å². The Labute approximate surface area is 187 Å². The number of amides is 1. The van der Waals surface area contributed by atoms with E-state index in [0.717, 1.165) is 24.2 Å². The Kier molecular flexibility index (Phi) is 6.09. The molecule has 0 radical (unpaired) electrons. The van der Waals surface area contributed by atoms with Crippen LogP contribution in [-0.2, 0) is 0 Å². The molecule has 32 heavy (non-hydrogen) atoms. The lowest BCUT2D eigenvalue weighted by Gasteiger charge is -2.38. The maximum absolute atomic E-state index is 13.2. The number of nitrogens with zero attached hydrogens (tertiary/aromatic N) is 4. The minimum atomic E-state index is -0.278. The third-order valence-corrected chi connectivity index (χ3v) is 5.55. The highest BCUT2D eigenvalue weighted by atomic mass is 16.5. The van der Waals surface area contributed by atoms with Crippen LogP contribution in [0.5, 0.6) is 11.9 Å². The molecule has 2 aromatic heterocycles. The van der Waals surface area contributed by atoms with Crippen LogP contribution in [0.4, 0.5) is 11.4 Å². The van der Waals surface area contributed by atoms with E-state index in [2.05, 4.69) is 44.3 Å². The first-order valence-electron chi connectivity index (χ1n) is 10.6. The topological polar surface area (TPSA) is 102 Å². The number of carbonyl (C=O) groups excluding carboxylic acids is 1. The van der Waals surface area contributed by atoms with Crippen molar-refractivity contribution >= 4 is 28.2 Å². The number of methoxy groups -OCH3 is 2. The number of piperazine rings is 1. The highest BCUT2D eigenvalue weighted by molar-refractivity contribution is 6.14. The number of pyridine rings is 1. The number of hydrogen-bond donors (Lipinski definition) is 2. The van der Waals surface area contributed by atoms with E-state index in [1.165, 1.54) is 7.11 Å². The third kappa shape index (κ3) is 4.29. The fraction of sp³-hybridized carbons (Fsp3) is 0.391. The molecule has 0 unspecified atom stereocenters. The first-order valence-corrected chi connectivity index (χ1v) is 10.6. The molecule has 3 aromatic rings. The Morgan fingerprint density at radius 3 is 2.50 bits per heavy atom. The number of aryl methyl sites for hydroxylation is 1. The maximum atomic E-state index is 13.2. The van der Waals surface area contributed by atoms with Gasteiger partial charge in [-0.2, -0.15) is 4.98 Å². The minimum absolute atomic E-state index is 0.216. The van der Waals surface area contributed by atoms with Crippen molar-refractivity contribution in [1.82, 2.24) is 20.3 Å². The van der Waals surface area contributed by atoms with Crippen LogP contribution in [0.2, 0.25) is 0 Å². The van der Waals surface area contributed by atoms with E-state index in [4.69, 9.17) is 9.47 Å².